The number of unbranched alkanes of at least 4 members (excludes halogenated alkanes) is 6. The first-order valence-corrected chi connectivity index (χ1v) is 20.1. The molecule has 3 aromatic carbocycles. The third kappa shape index (κ3) is 6.34. The average molecular weight is 679 g/mol. The first kappa shape index (κ1) is 31.7. The van der Waals surface area contributed by atoms with E-state index in [0.29, 0.717) is 0 Å². The van der Waals surface area contributed by atoms with Gasteiger partial charge in [-0.25, -0.2) is 0 Å². The summed E-state index contributed by atoms with van der Waals surface area (Å²) in [5, 5.41) is 2.75. The Morgan fingerprint density at radius 3 is 1.87 bits per heavy atom. The number of thiophene rings is 3. The van der Waals surface area contributed by atoms with Crippen molar-refractivity contribution in [3.63, 3.8) is 0 Å². The highest BCUT2D eigenvalue weighted by Gasteiger charge is 2.20. The molecule has 4 heterocycles. The maximum atomic E-state index is 4.90. The molecule has 2 nitrogen and oxygen atoms in total. The highest BCUT2D eigenvalue weighted by molar-refractivity contribution is 7.25. The molecule has 0 spiro atoms. The summed E-state index contributed by atoms with van der Waals surface area (Å²) in [6.07, 6.45) is 12.5. The van der Waals surface area contributed by atoms with Gasteiger partial charge in [-0.2, -0.15) is 8.75 Å². The molecule has 0 aliphatic carbocycles. The second-order valence-corrected chi connectivity index (χ2v) is 16.6. The molecule has 0 aliphatic rings. The van der Waals surface area contributed by atoms with Crippen LogP contribution in [0.15, 0.2) is 60.7 Å². The first-order valence-electron chi connectivity index (χ1n) is 16.9. The number of aryl methyl sites for hydroxylation is 4. The lowest BCUT2D eigenvalue weighted by Gasteiger charge is -2.05. The SMILES string of the molecule is CCCCCCc1cc(-c2ccc(-c3cc(CCCCCC)c(-c4ccc5sc6ccc(C)cc6c5c4)s3)c3nsnc23)sc1C. The van der Waals surface area contributed by atoms with Crippen molar-refractivity contribution in [1.29, 1.82) is 0 Å². The van der Waals surface area contributed by atoms with Crippen LogP contribution in [0, 0.1) is 13.8 Å². The van der Waals surface area contributed by atoms with E-state index < -0.39 is 0 Å². The monoisotopic (exact) mass is 678 g/mol. The smallest absolute Gasteiger partial charge is 0.114 e. The van der Waals surface area contributed by atoms with Crippen LogP contribution in [0.1, 0.15) is 86.8 Å². The van der Waals surface area contributed by atoms with Crippen molar-refractivity contribution in [2.45, 2.75) is 91.9 Å². The molecular formula is C40H42N2S4. The number of fused-ring (bicyclic) bond motifs is 4. The van der Waals surface area contributed by atoms with E-state index in [0.717, 1.165) is 17.5 Å². The number of aromatic nitrogens is 2. The molecule has 4 aromatic heterocycles. The van der Waals surface area contributed by atoms with E-state index in [1.54, 1.807) is 0 Å². The van der Waals surface area contributed by atoms with Crippen molar-refractivity contribution in [2.24, 2.45) is 0 Å². The highest BCUT2D eigenvalue weighted by atomic mass is 32.1. The van der Waals surface area contributed by atoms with Gasteiger partial charge in [0.15, 0.2) is 0 Å². The van der Waals surface area contributed by atoms with Gasteiger partial charge in [-0.3, -0.25) is 0 Å². The van der Waals surface area contributed by atoms with E-state index >= 15 is 0 Å². The highest BCUT2D eigenvalue weighted by Crippen LogP contribution is 2.45. The lowest BCUT2D eigenvalue weighted by molar-refractivity contribution is 0.666. The molecule has 0 saturated carbocycles. The zero-order valence-electron chi connectivity index (χ0n) is 27.4. The van der Waals surface area contributed by atoms with E-state index in [2.05, 4.69) is 88.4 Å². The molecular weight excluding hydrogens is 637 g/mol. The summed E-state index contributed by atoms with van der Waals surface area (Å²) in [7, 11) is 0. The molecule has 0 saturated heterocycles. The minimum absolute atomic E-state index is 1.04. The van der Waals surface area contributed by atoms with Gasteiger partial charge in [0, 0.05) is 50.8 Å². The molecule has 0 atom stereocenters. The Hall–Kier alpha value is -2.90. The van der Waals surface area contributed by atoms with Crippen LogP contribution in [-0.4, -0.2) is 8.75 Å². The summed E-state index contributed by atoms with van der Waals surface area (Å²) < 4.78 is 12.5. The largest absolute Gasteiger partial charge is 0.172 e. The van der Waals surface area contributed by atoms with Gasteiger partial charge in [0.05, 0.1) is 11.7 Å². The third-order valence-corrected chi connectivity index (χ3v) is 13.3. The average Bonchev–Trinajstić information content (AvgIpc) is 3.86. The molecule has 7 rings (SSSR count). The predicted molar refractivity (Wildman–Crippen MR) is 208 cm³/mol. The molecule has 0 amide bonds. The van der Waals surface area contributed by atoms with Crippen LogP contribution in [0.2, 0.25) is 0 Å². The summed E-state index contributed by atoms with van der Waals surface area (Å²) in [5.41, 5.74) is 10.1. The normalized spacial score (nSPS) is 11.9. The zero-order chi connectivity index (χ0) is 31.6. The molecule has 0 N–H and O–H groups in total. The van der Waals surface area contributed by atoms with Gasteiger partial charge >= 0.3 is 0 Å². The van der Waals surface area contributed by atoms with Crippen molar-refractivity contribution in [3.05, 3.63) is 82.2 Å². The van der Waals surface area contributed by atoms with Crippen LogP contribution in [0.4, 0.5) is 0 Å². The third-order valence-electron chi connectivity index (χ3n) is 9.26. The van der Waals surface area contributed by atoms with Crippen molar-refractivity contribution in [1.82, 2.24) is 8.75 Å². The Morgan fingerprint density at radius 2 is 1.17 bits per heavy atom. The van der Waals surface area contributed by atoms with Gasteiger partial charge in [-0.05, 0) is 92.6 Å². The second kappa shape index (κ2) is 14.1. The molecule has 0 fully saturated rings. The first-order chi connectivity index (χ1) is 22.5. The van der Waals surface area contributed by atoms with Crippen molar-refractivity contribution >= 4 is 76.9 Å². The van der Waals surface area contributed by atoms with E-state index in [4.69, 9.17) is 8.75 Å². The molecule has 0 bridgehead atoms. The fourth-order valence-corrected chi connectivity index (χ4v) is 10.6. The van der Waals surface area contributed by atoms with Crippen LogP contribution in [-0.2, 0) is 12.8 Å². The lowest BCUT2D eigenvalue weighted by Crippen LogP contribution is -1.87. The Morgan fingerprint density at radius 1 is 0.565 bits per heavy atom. The van der Waals surface area contributed by atoms with Crippen molar-refractivity contribution in [2.75, 3.05) is 0 Å². The van der Waals surface area contributed by atoms with Gasteiger partial charge in [-0.1, -0.05) is 82.2 Å². The van der Waals surface area contributed by atoms with Gasteiger partial charge in [0.25, 0.3) is 0 Å². The quantitative estimate of drug-likeness (QED) is 0.113. The molecule has 46 heavy (non-hydrogen) atoms. The molecule has 236 valence electrons. The van der Waals surface area contributed by atoms with Crippen LogP contribution < -0.4 is 0 Å². The minimum Gasteiger partial charge on any atom is -0.172 e. The summed E-state index contributed by atoms with van der Waals surface area (Å²) in [5.74, 6) is 0. The van der Waals surface area contributed by atoms with Gasteiger partial charge in [0.2, 0.25) is 0 Å². The standard InChI is InChI=1S/C40H42N2S4/c1-5-7-9-11-13-27-23-36(43-26(27)4)30-17-18-31(39-38(30)41-46-42-39)37-24-28(14-12-10-8-6-2)40(45-37)29-16-20-35-33(22-29)32-21-25(3)15-19-34(32)44-35/h15-24H,5-14H2,1-4H3. The summed E-state index contributed by atoms with van der Waals surface area (Å²) in [6.45, 7) is 9.04. The van der Waals surface area contributed by atoms with Gasteiger partial charge < -0.3 is 0 Å². The summed E-state index contributed by atoms with van der Waals surface area (Å²) in [4.78, 5) is 5.47. The predicted octanol–water partition coefficient (Wildman–Crippen LogP) is 14.0. The topological polar surface area (TPSA) is 25.8 Å². The summed E-state index contributed by atoms with van der Waals surface area (Å²) in [6, 6.07) is 23.5. The van der Waals surface area contributed by atoms with Gasteiger partial charge in [0.1, 0.15) is 11.0 Å². The number of hydrogen-bond donors (Lipinski definition) is 0. The van der Waals surface area contributed by atoms with Crippen LogP contribution in [0.25, 0.3) is 62.5 Å². The number of rotatable bonds is 13. The van der Waals surface area contributed by atoms with Crippen LogP contribution >= 0.6 is 45.7 Å². The molecule has 0 radical (unpaired) electrons. The Kier molecular flexibility index (Phi) is 9.69. The maximum absolute atomic E-state index is 4.90. The Labute approximate surface area is 289 Å². The van der Waals surface area contributed by atoms with Crippen molar-refractivity contribution in [3.8, 4) is 31.3 Å². The van der Waals surface area contributed by atoms with E-state index in [9.17, 15) is 0 Å². The van der Waals surface area contributed by atoms with Crippen LogP contribution in [0.3, 0.4) is 0 Å². The van der Waals surface area contributed by atoms with Gasteiger partial charge in [-0.15, -0.1) is 34.0 Å². The Bertz CT molecular complexity index is 2120. The molecule has 0 aliphatic heterocycles. The number of nitrogens with zero attached hydrogens (tertiary/aromatic N) is 2. The van der Waals surface area contributed by atoms with Crippen LogP contribution in [0.5, 0.6) is 0 Å². The maximum Gasteiger partial charge on any atom is 0.114 e. The molecule has 0 unspecified atom stereocenters. The number of benzene rings is 3. The second-order valence-electron chi connectivity index (χ2n) is 12.7. The molecule has 6 heteroatoms. The zero-order valence-corrected chi connectivity index (χ0v) is 30.6. The fourth-order valence-electron chi connectivity index (χ4n) is 6.67. The van der Waals surface area contributed by atoms with Crippen molar-refractivity contribution < 1.29 is 0 Å². The fraction of sp³-hybridized carbons (Fsp3) is 0.350. The van der Waals surface area contributed by atoms with E-state index in [1.807, 2.05) is 34.0 Å². The minimum atomic E-state index is 1.04. The lowest BCUT2D eigenvalue weighted by atomic mass is 10.00. The summed E-state index contributed by atoms with van der Waals surface area (Å²) >= 11 is 7.09. The Balaban J connectivity index is 1.27. The molecule has 7 aromatic rings. The number of hydrogen-bond acceptors (Lipinski definition) is 6. The van der Waals surface area contributed by atoms with E-state index in [-0.39, 0.29) is 0 Å². The van der Waals surface area contributed by atoms with E-state index in [1.165, 1.54) is 143 Å².